The number of aryl methyl sites for hydroxylation is 1. The van der Waals surface area contributed by atoms with Crippen LogP contribution in [0.5, 0.6) is 5.75 Å². The average Bonchev–Trinajstić information content (AvgIpc) is 3.01. The van der Waals surface area contributed by atoms with Gasteiger partial charge in [0.15, 0.2) is 0 Å². The zero-order chi connectivity index (χ0) is 20.2. The maximum Gasteiger partial charge on any atom is 0.394 e. The lowest BCUT2D eigenvalue weighted by molar-refractivity contribution is -0.158. The molecule has 0 radical (unpaired) electrons. The molecule has 0 aliphatic rings. The second kappa shape index (κ2) is 8.69. The van der Waals surface area contributed by atoms with Crippen LogP contribution in [0.1, 0.15) is 54.4 Å². The fourth-order valence-electron chi connectivity index (χ4n) is 2.72. The second-order valence-corrected chi connectivity index (χ2v) is 6.95. The second-order valence-electron chi connectivity index (χ2n) is 6.54. The number of halogens is 3. The SMILES string of the molecule is CCC(CCN(C)C(=O)c1ccc(OC(C)(F)F)c(Cl)c1)c1cc(C)on1. The Balaban J connectivity index is 2.01. The van der Waals surface area contributed by atoms with Gasteiger partial charge in [-0.25, -0.2) is 0 Å². The number of carbonyl (C=O) groups excluding carboxylic acids is 1. The number of carbonyl (C=O) groups is 1. The summed E-state index contributed by atoms with van der Waals surface area (Å²) in [5, 5.41) is 4.01. The molecule has 1 atom stereocenters. The normalized spacial score (nSPS) is 12.7. The molecular formula is C19H23ClF2N2O3. The minimum Gasteiger partial charge on any atom is -0.431 e. The van der Waals surface area contributed by atoms with Crippen LogP contribution < -0.4 is 4.74 Å². The van der Waals surface area contributed by atoms with Gasteiger partial charge in [0.1, 0.15) is 11.5 Å². The summed E-state index contributed by atoms with van der Waals surface area (Å²) in [5.41, 5.74) is 1.18. The highest BCUT2D eigenvalue weighted by atomic mass is 35.5. The van der Waals surface area contributed by atoms with E-state index in [2.05, 4.69) is 16.8 Å². The Kier molecular flexibility index (Phi) is 6.81. The largest absolute Gasteiger partial charge is 0.431 e. The maximum atomic E-state index is 13.0. The van der Waals surface area contributed by atoms with Crippen LogP contribution in [0.3, 0.4) is 0 Å². The summed E-state index contributed by atoms with van der Waals surface area (Å²) in [5.74, 6) is 0.514. The molecule has 2 aromatic rings. The first-order valence-electron chi connectivity index (χ1n) is 8.65. The van der Waals surface area contributed by atoms with Gasteiger partial charge in [-0.1, -0.05) is 23.7 Å². The van der Waals surface area contributed by atoms with Crippen molar-refractivity contribution in [1.82, 2.24) is 10.1 Å². The van der Waals surface area contributed by atoms with Gasteiger partial charge in [-0.05, 0) is 38.0 Å². The standard InChI is InChI=1S/C19H23ClF2N2O3/c1-5-13(16-10-12(2)27-23-16)8-9-24(4)18(25)14-6-7-17(15(20)11-14)26-19(3,21)22/h6-7,10-11,13H,5,8-9H2,1-4H3. The third-order valence-electron chi connectivity index (χ3n) is 4.18. The van der Waals surface area contributed by atoms with Crippen LogP contribution in [0.15, 0.2) is 28.8 Å². The summed E-state index contributed by atoms with van der Waals surface area (Å²) < 4.78 is 35.5. The van der Waals surface area contributed by atoms with Crippen LogP contribution in [0.4, 0.5) is 8.78 Å². The van der Waals surface area contributed by atoms with Gasteiger partial charge >= 0.3 is 6.11 Å². The first-order valence-corrected chi connectivity index (χ1v) is 9.03. The lowest BCUT2D eigenvalue weighted by Crippen LogP contribution is -2.28. The summed E-state index contributed by atoms with van der Waals surface area (Å²) >= 11 is 5.97. The zero-order valence-electron chi connectivity index (χ0n) is 15.8. The van der Waals surface area contributed by atoms with E-state index in [4.69, 9.17) is 16.1 Å². The number of hydrogen-bond donors (Lipinski definition) is 0. The quantitative estimate of drug-likeness (QED) is 0.604. The lowest BCUT2D eigenvalue weighted by atomic mass is 9.98. The molecule has 0 spiro atoms. The molecule has 0 aliphatic heterocycles. The number of amides is 1. The Labute approximate surface area is 162 Å². The molecule has 1 heterocycles. The van der Waals surface area contributed by atoms with Gasteiger partial charge in [0.2, 0.25) is 0 Å². The van der Waals surface area contributed by atoms with Crippen molar-refractivity contribution in [2.45, 2.75) is 45.6 Å². The Hall–Kier alpha value is -2.15. The van der Waals surface area contributed by atoms with E-state index in [1.165, 1.54) is 18.2 Å². The summed E-state index contributed by atoms with van der Waals surface area (Å²) in [6.07, 6.45) is -1.75. The number of rotatable bonds is 8. The third-order valence-corrected chi connectivity index (χ3v) is 4.48. The topological polar surface area (TPSA) is 55.6 Å². The molecule has 5 nitrogen and oxygen atoms in total. The fraction of sp³-hybridized carbons (Fsp3) is 0.474. The van der Waals surface area contributed by atoms with Crippen molar-refractivity contribution in [2.24, 2.45) is 0 Å². The number of aromatic nitrogens is 1. The van der Waals surface area contributed by atoms with Gasteiger partial charge in [-0.3, -0.25) is 4.79 Å². The van der Waals surface area contributed by atoms with Gasteiger partial charge in [0, 0.05) is 38.1 Å². The van der Waals surface area contributed by atoms with E-state index < -0.39 is 6.11 Å². The highest BCUT2D eigenvalue weighted by Gasteiger charge is 2.25. The minimum atomic E-state index is -3.35. The summed E-state index contributed by atoms with van der Waals surface area (Å²) in [4.78, 5) is 14.1. The van der Waals surface area contributed by atoms with Crippen LogP contribution in [0.25, 0.3) is 0 Å². The van der Waals surface area contributed by atoms with Crippen LogP contribution in [-0.2, 0) is 0 Å². The van der Waals surface area contributed by atoms with Crippen LogP contribution >= 0.6 is 11.6 Å². The number of hydrogen-bond acceptors (Lipinski definition) is 4. The van der Waals surface area contributed by atoms with E-state index in [9.17, 15) is 13.6 Å². The zero-order valence-corrected chi connectivity index (χ0v) is 16.5. The predicted octanol–water partition coefficient (Wildman–Crippen LogP) is 5.28. The molecule has 1 aromatic heterocycles. The lowest BCUT2D eigenvalue weighted by Gasteiger charge is -2.21. The van der Waals surface area contributed by atoms with E-state index in [0.717, 1.165) is 24.3 Å². The smallest absolute Gasteiger partial charge is 0.394 e. The Morgan fingerprint density at radius 2 is 2.11 bits per heavy atom. The highest BCUT2D eigenvalue weighted by molar-refractivity contribution is 6.32. The molecule has 0 saturated heterocycles. The van der Waals surface area contributed by atoms with Crippen molar-refractivity contribution < 1.29 is 22.8 Å². The molecule has 148 valence electrons. The Morgan fingerprint density at radius 1 is 1.41 bits per heavy atom. The number of ether oxygens (including phenoxy) is 1. The van der Waals surface area contributed by atoms with Gasteiger partial charge in [-0.15, -0.1) is 0 Å². The molecule has 2 rings (SSSR count). The van der Waals surface area contributed by atoms with Gasteiger partial charge in [0.05, 0.1) is 10.7 Å². The Bertz CT molecular complexity index is 790. The molecule has 0 fully saturated rings. The van der Waals surface area contributed by atoms with E-state index in [1.54, 1.807) is 11.9 Å². The third kappa shape index (κ3) is 5.92. The average molecular weight is 401 g/mol. The fourth-order valence-corrected chi connectivity index (χ4v) is 2.94. The van der Waals surface area contributed by atoms with Gasteiger partial charge in [-0.2, -0.15) is 8.78 Å². The monoisotopic (exact) mass is 400 g/mol. The molecule has 27 heavy (non-hydrogen) atoms. The van der Waals surface area contributed by atoms with Crippen molar-refractivity contribution in [2.75, 3.05) is 13.6 Å². The molecule has 0 saturated carbocycles. The molecule has 1 unspecified atom stereocenters. The van der Waals surface area contributed by atoms with Crippen molar-refractivity contribution in [3.05, 3.63) is 46.3 Å². The number of alkyl halides is 2. The van der Waals surface area contributed by atoms with Crippen molar-refractivity contribution in [3.63, 3.8) is 0 Å². The Morgan fingerprint density at radius 3 is 2.63 bits per heavy atom. The first kappa shape index (κ1) is 21.2. The van der Waals surface area contributed by atoms with E-state index in [1.807, 2.05) is 13.0 Å². The molecule has 0 aliphatic carbocycles. The van der Waals surface area contributed by atoms with Crippen molar-refractivity contribution >= 4 is 17.5 Å². The molecule has 1 amide bonds. The molecule has 8 heteroatoms. The highest BCUT2D eigenvalue weighted by Crippen LogP contribution is 2.30. The molecule has 1 aromatic carbocycles. The summed E-state index contributed by atoms with van der Waals surface area (Å²) in [6.45, 7) is 5.02. The first-order chi connectivity index (χ1) is 12.6. The van der Waals surface area contributed by atoms with E-state index in [-0.39, 0.29) is 22.6 Å². The summed E-state index contributed by atoms with van der Waals surface area (Å²) in [7, 11) is 1.68. The molecule has 0 bridgehead atoms. The number of benzene rings is 1. The van der Waals surface area contributed by atoms with Crippen molar-refractivity contribution in [3.8, 4) is 5.75 Å². The maximum absolute atomic E-state index is 13.0. The number of nitrogens with zero attached hydrogens (tertiary/aromatic N) is 2. The van der Waals surface area contributed by atoms with E-state index in [0.29, 0.717) is 19.0 Å². The summed E-state index contributed by atoms with van der Waals surface area (Å²) in [6, 6.07) is 5.93. The minimum absolute atomic E-state index is 0.0414. The van der Waals surface area contributed by atoms with Gasteiger partial charge in [0.25, 0.3) is 5.91 Å². The van der Waals surface area contributed by atoms with Crippen LogP contribution in [-0.4, -0.2) is 35.7 Å². The molecule has 0 N–H and O–H groups in total. The van der Waals surface area contributed by atoms with Crippen LogP contribution in [0, 0.1) is 6.92 Å². The molecular weight excluding hydrogens is 378 g/mol. The van der Waals surface area contributed by atoms with Crippen molar-refractivity contribution in [1.29, 1.82) is 0 Å². The van der Waals surface area contributed by atoms with Crippen LogP contribution in [0.2, 0.25) is 5.02 Å². The van der Waals surface area contributed by atoms with Gasteiger partial charge < -0.3 is 14.2 Å². The predicted molar refractivity (Wildman–Crippen MR) is 98.6 cm³/mol. The van der Waals surface area contributed by atoms with E-state index >= 15 is 0 Å².